The summed E-state index contributed by atoms with van der Waals surface area (Å²) in [7, 11) is -2.13. The van der Waals surface area contributed by atoms with Gasteiger partial charge in [0, 0.05) is 45.5 Å². The normalized spacial score (nSPS) is 18.7. The highest BCUT2D eigenvalue weighted by molar-refractivity contribution is 7.89. The van der Waals surface area contributed by atoms with Crippen LogP contribution in [0.4, 0.5) is 11.8 Å². The van der Waals surface area contributed by atoms with Crippen LogP contribution in [-0.2, 0) is 14.8 Å². The minimum Gasteiger partial charge on any atom is -0.495 e. The highest BCUT2D eigenvalue weighted by Gasteiger charge is 2.31. The molecule has 1 aromatic heterocycles. The Morgan fingerprint density at radius 3 is 2.41 bits per heavy atom. The second-order valence-electron chi connectivity index (χ2n) is 6.86. The number of nitrogens with zero attached hydrogens (tertiary/aromatic N) is 5. The molecule has 0 N–H and O–H groups in total. The van der Waals surface area contributed by atoms with Gasteiger partial charge in [0.15, 0.2) is 0 Å². The predicted octanol–water partition coefficient (Wildman–Crippen LogP) is 0.833. The number of hydrogen-bond donors (Lipinski definition) is 0. The quantitative estimate of drug-likeness (QED) is 0.704. The maximum atomic E-state index is 13.1. The number of aromatic nitrogens is 2. The summed E-state index contributed by atoms with van der Waals surface area (Å²) in [5, 5.41) is 0. The van der Waals surface area contributed by atoms with Gasteiger partial charge in [-0.15, -0.1) is 0 Å². The van der Waals surface area contributed by atoms with Crippen molar-refractivity contribution in [2.45, 2.75) is 4.90 Å². The first-order chi connectivity index (χ1) is 14.1. The van der Waals surface area contributed by atoms with Gasteiger partial charge in [0.2, 0.25) is 16.0 Å². The molecule has 10 heteroatoms. The van der Waals surface area contributed by atoms with E-state index in [9.17, 15) is 8.42 Å². The summed E-state index contributed by atoms with van der Waals surface area (Å²) in [6.07, 6.45) is 1.76. The molecule has 0 atom stereocenters. The van der Waals surface area contributed by atoms with Crippen LogP contribution < -0.4 is 14.5 Å². The summed E-state index contributed by atoms with van der Waals surface area (Å²) in [5.41, 5.74) is 0. The van der Waals surface area contributed by atoms with E-state index in [0.717, 1.165) is 18.9 Å². The zero-order valence-electron chi connectivity index (χ0n) is 16.4. The minimum atomic E-state index is -3.61. The Bertz CT molecular complexity index is 941. The van der Waals surface area contributed by atoms with E-state index in [1.54, 1.807) is 30.5 Å². The molecule has 2 aliphatic heterocycles. The Labute approximate surface area is 170 Å². The van der Waals surface area contributed by atoms with E-state index >= 15 is 0 Å². The first-order valence-electron chi connectivity index (χ1n) is 9.63. The Hall–Kier alpha value is -2.43. The molecule has 0 amide bonds. The Morgan fingerprint density at radius 1 is 0.966 bits per heavy atom. The van der Waals surface area contributed by atoms with Crippen LogP contribution in [0.2, 0.25) is 0 Å². The van der Waals surface area contributed by atoms with Gasteiger partial charge in [-0.3, -0.25) is 0 Å². The van der Waals surface area contributed by atoms with E-state index in [1.807, 2.05) is 6.07 Å². The van der Waals surface area contributed by atoms with E-state index in [-0.39, 0.29) is 4.90 Å². The number of benzene rings is 1. The molecular formula is C19H25N5O4S. The van der Waals surface area contributed by atoms with Crippen LogP contribution in [0.3, 0.4) is 0 Å². The van der Waals surface area contributed by atoms with Crippen molar-refractivity contribution < 1.29 is 17.9 Å². The largest absolute Gasteiger partial charge is 0.495 e. The summed E-state index contributed by atoms with van der Waals surface area (Å²) in [4.78, 5) is 13.5. The summed E-state index contributed by atoms with van der Waals surface area (Å²) in [6.45, 7) is 4.79. The Kier molecular flexibility index (Phi) is 5.84. The standard InChI is InChI=1S/C19H25N5O4S/c1-27-16-4-2-3-5-17(16)29(25,26)24-10-8-22(9-11-24)18-6-7-20-19(21-18)23-12-14-28-15-13-23/h2-7H,8-15H2,1H3. The van der Waals surface area contributed by atoms with Crippen molar-refractivity contribution >= 4 is 21.8 Å². The number of ether oxygens (including phenoxy) is 2. The molecule has 0 unspecified atom stereocenters. The maximum absolute atomic E-state index is 13.1. The number of rotatable bonds is 5. The van der Waals surface area contributed by atoms with Crippen molar-refractivity contribution in [2.75, 3.05) is 69.4 Å². The van der Waals surface area contributed by atoms with Crippen LogP contribution in [0.25, 0.3) is 0 Å². The number of para-hydroxylation sites is 1. The summed E-state index contributed by atoms with van der Waals surface area (Å²) in [6, 6.07) is 8.59. The summed E-state index contributed by atoms with van der Waals surface area (Å²) >= 11 is 0. The number of sulfonamides is 1. The van der Waals surface area contributed by atoms with Crippen LogP contribution >= 0.6 is 0 Å². The fraction of sp³-hybridized carbons (Fsp3) is 0.474. The maximum Gasteiger partial charge on any atom is 0.246 e. The van der Waals surface area contributed by atoms with Gasteiger partial charge in [-0.05, 0) is 18.2 Å². The van der Waals surface area contributed by atoms with Crippen LogP contribution in [0.15, 0.2) is 41.4 Å². The second-order valence-corrected chi connectivity index (χ2v) is 8.76. The number of morpholine rings is 1. The molecule has 0 saturated carbocycles. The van der Waals surface area contributed by atoms with Crippen molar-refractivity contribution in [3.05, 3.63) is 36.5 Å². The van der Waals surface area contributed by atoms with Gasteiger partial charge in [0.1, 0.15) is 16.5 Å². The lowest BCUT2D eigenvalue weighted by Gasteiger charge is -2.35. The molecule has 3 heterocycles. The van der Waals surface area contributed by atoms with Crippen LogP contribution in [-0.4, -0.2) is 82.3 Å². The lowest BCUT2D eigenvalue weighted by molar-refractivity contribution is 0.122. The molecule has 2 aromatic rings. The van der Waals surface area contributed by atoms with Crippen molar-refractivity contribution in [2.24, 2.45) is 0 Å². The highest BCUT2D eigenvalue weighted by Crippen LogP contribution is 2.27. The molecule has 2 saturated heterocycles. The third kappa shape index (κ3) is 4.14. The average molecular weight is 420 g/mol. The molecule has 9 nitrogen and oxygen atoms in total. The van der Waals surface area contributed by atoms with E-state index < -0.39 is 10.0 Å². The van der Waals surface area contributed by atoms with Gasteiger partial charge in [0.25, 0.3) is 0 Å². The van der Waals surface area contributed by atoms with Gasteiger partial charge < -0.3 is 19.3 Å². The molecule has 29 heavy (non-hydrogen) atoms. The summed E-state index contributed by atoms with van der Waals surface area (Å²) in [5.74, 6) is 1.87. The fourth-order valence-corrected chi connectivity index (χ4v) is 5.14. The van der Waals surface area contributed by atoms with Crippen molar-refractivity contribution in [1.82, 2.24) is 14.3 Å². The highest BCUT2D eigenvalue weighted by atomic mass is 32.2. The molecule has 0 spiro atoms. The molecule has 1 aromatic carbocycles. The number of piperazine rings is 1. The van der Waals surface area contributed by atoms with Crippen LogP contribution in [0.5, 0.6) is 5.75 Å². The van der Waals surface area contributed by atoms with Crippen molar-refractivity contribution in [3.63, 3.8) is 0 Å². The van der Waals surface area contributed by atoms with Crippen molar-refractivity contribution in [3.8, 4) is 5.75 Å². The topological polar surface area (TPSA) is 88.1 Å². The van der Waals surface area contributed by atoms with E-state index in [1.165, 1.54) is 11.4 Å². The predicted molar refractivity (Wildman–Crippen MR) is 109 cm³/mol. The smallest absolute Gasteiger partial charge is 0.246 e. The minimum absolute atomic E-state index is 0.201. The molecular weight excluding hydrogens is 394 g/mol. The molecule has 156 valence electrons. The second kappa shape index (κ2) is 8.52. The number of methoxy groups -OCH3 is 1. The first-order valence-corrected chi connectivity index (χ1v) is 11.1. The molecule has 2 aliphatic rings. The molecule has 2 fully saturated rings. The van der Waals surface area contributed by atoms with Crippen LogP contribution in [0, 0.1) is 0 Å². The number of anilines is 2. The van der Waals surface area contributed by atoms with Crippen LogP contribution in [0.1, 0.15) is 0 Å². The van der Waals surface area contributed by atoms with Gasteiger partial charge in [-0.1, -0.05) is 12.1 Å². The summed E-state index contributed by atoms with van der Waals surface area (Å²) < 4.78 is 38.2. The van der Waals surface area contributed by atoms with Gasteiger partial charge in [-0.25, -0.2) is 13.4 Å². The van der Waals surface area contributed by atoms with E-state index in [2.05, 4.69) is 14.8 Å². The lowest BCUT2D eigenvalue weighted by atomic mass is 10.3. The molecule has 0 radical (unpaired) electrons. The van der Waals surface area contributed by atoms with Crippen molar-refractivity contribution in [1.29, 1.82) is 0 Å². The molecule has 0 bridgehead atoms. The lowest BCUT2D eigenvalue weighted by Crippen LogP contribution is -2.49. The first kappa shape index (κ1) is 19.9. The van der Waals surface area contributed by atoms with Gasteiger partial charge in [-0.2, -0.15) is 9.29 Å². The zero-order valence-corrected chi connectivity index (χ0v) is 17.2. The zero-order chi connectivity index (χ0) is 20.3. The monoisotopic (exact) mass is 419 g/mol. The van der Waals surface area contributed by atoms with Gasteiger partial charge >= 0.3 is 0 Å². The molecule has 4 rings (SSSR count). The third-order valence-electron chi connectivity index (χ3n) is 5.17. The fourth-order valence-electron chi connectivity index (χ4n) is 3.56. The van der Waals surface area contributed by atoms with E-state index in [4.69, 9.17) is 14.5 Å². The SMILES string of the molecule is COc1ccccc1S(=O)(=O)N1CCN(c2ccnc(N3CCOCC3)n2)CC1. The average Bonchev–Trinajstić information content (AvgIpc) is 2.80. The van der Waals surface area contributed by atoms with Gasteiger partial charge in [0.05, 0.1) is 20.3 Å². The number of hydrogen-bond acceptors (Lipinski definition) is 8. The Balaban J connectivity index is 1.46. The van der Waals surface area contributed by atoms with E-state index in [0.29, 0.717) is 51.1 Å². The third-order valence-corrected chi connectivity index (χ3v) is 7.11. The Morgan fingerprint density at radius 2 is 1.69 bits per heavy atom. The molecule has 0 aliphatic carbocycles.